The first-order chi connectivity index (χ1) is 15.4. The number of carboxylic acids is 1. The number of carbonyl (C=O) groups excluding carboxylic acids is 2. The normalized spacial score (nSPS) is 16.0. The summed E-state index contributed by atoms with van der Waals surface area (Å²) in [5.41, 5.74) is 1.65. The first-order valence-corrected chi connectivity index (χ1v) is 11.2. The second kappa shape index (κ2) is 10.8. The first kappa shape index (κ1) is 23.3. The van der Waals surface area contributed by atoms with Gasteiger partial charge in [-0.2, -0.15) is 0 Å². The molecule has 2 N–H and O–H groups in total. The summed E-state index contributed by atoms with van der Waals surface area (Å²) in [5, 5.41) is 13.6. The second-order valence-electron chi connectivity index (χ2n) is 7.14. The highest BCUT2D eigenvalue weighted by molar-refractivity contribution is 7.09. The Balaban J connectivity index is 1.83. The number of carbonyl (C=O) groups is 3. The van der Waals surface area contributed by atoms with Gasteiger partial charge in [-0.15, -0.1) is 11.3 Å². The van der Waals surface area contributed by atoms with E-state index in [1.165, 1.54) is 0 Å². The molecule has 0 spiro atoms. The van der Waals surface area contributed by atoms with Crippen molar-refractivity contribution in [3.05, 3.63) is 63.5 Å². The number of aliphatic carboxylic acids is 1. The van der Waals surface area contributed by atoms with Gasteiger partial charge in [0.05, 0.1) is 31.2 Å². The van der Waals surface area contributed by atoms with Crippen molar-refractivity contribution in [3.63, 3.8) is 0 Å². The molecule has 1 atom stereocenters. The molecule has 32 heavy (non-hydrogen) atoms. The van der Waals surface area contributed by atoms with Crippen LogP contribution < -0.4 is 10.1 Å². The summed E-state index contributed by atoms with van der Waals surface area (Å²) >= 11 is 1.62. The van der Waals surface area contributed by atoms with E-state index < -0.39 is 18.0 Å². The van der Waals surface area contributed by atoms with Gasteiger partial charge in [-0.25, -0.2) is 9.59 Å². The van der Waals surface area contributed by atoms with E-state index in [9.17, 15) is 14.4 Å². The molecule has 0 fully saturated rings. The molecular weight excluding hydrogens is 432 g/mol. The zero-order chi connectivity index (χ0) is 23.1. The number of esters is 1. The van der Waals surface area contributed by atoms with Gasteiger partial charge < -0.3 is 19.9 Å². The fourth-order valence-electron chi connectivity index (χ4n) is 3.46. The third-order valence-corrected chi connectivity index (χ3v) is 5.99. The summed E-state index contributed by atoms with van der Waals surface area (Å²) in [6, 6.07) is 9.90. The van der Waals surface area contributed by atoms with Crippen molar-refractivity contribution in [2.75, 3.05) is 19.8 Å². The Kier molecular flexibility index (Phi) is 7.88. The van der Waals surface area contributed by atoms with Gasteiger partial charge in [0.1, 0.15) is 5.75 Å². The molecule has 0 saturated carbocycles. The van der Waals surface area contributed by atoms with Crippen molar-refractivity contribution in [1.82, 2.24) is 10.2 Å². The molecule has 9 heteroatoms. The van der Waals surface area contributed by atoms with Gasteiger partial charge in [-0.3, -0.25) is 9.69 Å². The quantitative estimate of drug-likeness (QED) is 0.526. The zero-order valence-corrected chi connectivity index (χ0v) is 18.8. The number of nitrogens with one attached hydrogen (secondary N) is 1. The molecule has 0 radical (unpaired) electrons. The molecule has 2 aromatic rings. The second-order valence-corrected chi connectivity index (χ2v) is 8.18. The Morgan fingerprint density at radius 1 is 1.22 bits per heavy atom. The Bertz CT molecular complexity index is 984. The lowest BCUT2D eigenvalue weighted by Gasteiger charge is -2.35. The van der Waals surface area contributed by atoms with Crippen LogP contribution in [-0.4, -0.2) is 47.7 Å². The average molecular weight is 459 g/mol. The zero-order valence-electron chi connectivity index (χ0n) is 18.0. The van der Waals surface area contributed by atoms with Gasteiger partial charge in [0.25, 0.3) is 0 Å². The van der Waals surface area contributed by atoms with Crippen molar-refractivity contribution in [2.45, 2.75) is 32.7 Å². The van der Waals surface area contributed by atoms with Crippen molar-refractivity contribution < 1.29 is 29.0 Å². The number of amides is 2. The van der Waals surface area contributed by atoms with Crippen LogP contribution in [0.2, 0.25) is 0 Å². The highest BCUT2D eigenvalue weighted by atomic mass is 32.1. The number of urea groups is 1. The van der Waals surface area contributed by atoms with Crippen LogP contribution in [0.15, 0.2) is 53.0 Å². The monoisotopic (exact) mass is 458 g/mol. The van der Waals surface area contributed by atoms with Crippen LogP contribution >= 0.6 is 11.3 Å². The molecule has 3 rings (SSSR count). The average Bonchev–Trinajstić information content (AvgIpc) is 3.27. The Morgan fingerprint density at radius 2 is 1.97 bits per heavy atom. The van der Waals surface area contributed by atoms with Crippen molar-refractivity contribution in [3.8, 4) is 5.75 Å². The van der Waals surface area contributed by atoms with Crippen LogP contribution in [0.3, 0.4) is 0 Å². The molecule has 2 heterocycles. The summed E-state index contributed by atoms with van der Waals surface area (Å²) in [7, 11) is 0. The summed E-state index contributed by atoms with van der Waals surface area (Å²) in [6.07, 6.45) is 0.586. The van der Waals surface area contributed by atoms with E-state index in [0.717, 1.165) is 4.88 Å². The molecule has 1 aliphatic rings. The Labute approximate surface area is 190 Å². The SMILES string of the molecule is CCOC(=O)C1=C(C)N(CCc2cccs2)C(=O)NC1c1ccc(OCCC(=O)O)cc1. The molecule has 1 aromatic heterocycles. The smallest absolute Gasteiger partial charge is 0.338 e. The van der Waals surface area contributed by atoms with E-state index in [2.05, 4.69) is 5.32 Å². The van der Waals surface area contributed by atoms with Crippen molar-refractivity contribution >= 4 is 29.3 Å². The molecule has 0 saturated heterocycles. The summed E-state index contributed by atoms with van der Waals surface area (Å²) in [4.78, 5) is 39.1. The lowest BCUT2D eigenvalue weighted by atomic mass is 9.94. The number of rotatable bonds is 10. The van der Waals surface area contributed by atoms with E-state index >= 15 is 0 Å². The number of ether oxygens (including phenoxy) is 2. The van der Waals surface area contributed by atoms with Crippen LogP contribution in [0, 0.1) is 0 Å². The van der Waals surface area contributed by atoms with Gasteiger partial charge in [0, 0.05) is 17.1 Å². The van der Waals surface area contributed by atoms with Crippen LogP contribution in [0.1, 0.15) is 36.8 Å². The Hall–Kier alpha value is -3.33. The number of allylic oxidation sites excluding steroid dienone is 1. The highest BCUT2D eigenvalue weighted by Crippen LogP contribution is 2.32. The number of hydrogen-bond donors (Lipinski definition) is 2. The topological polar surface area (TPSA) is 105 Å². The van der Waals surface area contributed by atoms with Crippen LogP contribution in [-0.2, 0) is 20.7 Å². The van der Waals surface area contributed by atoms with E-state index in [0.29, 0.717) is 35.5 Å². The van der Waals surface area contributed by atoms with Crippen LogP contribution in [0.4, 0.5) is 4.79 Å². The maximum Gasteiger partial charge on any atom is 0.338 e. The molecule has 0 bridgehead atoms. The standard InChI is InChI=1S/C23H26N2O6S/c1-3-30-22(28)20-15(2)25(12-10-18-5-4-14-32-18)23(29)24-21(20)16-6-8-17(9-7-16)31-13-11-19(26)27/h4-9,14,21H,3,10-13H2,1-2H3,(H,24,29)(H,26,27). The highest BCUT2D eigenvalue weighted by Gasteiger charge is 2.36. The van der Waals surface area contributed by atoms with E-state index in [4.69, 9.17) is 14.6 Å². The molecular formula is C23H26N2O6S. The maximum atomic E-state index is 12.9. The van der Waals surface area contributed by atoms with E-state index in [1.54, 1.807) is 54.3 Å². The Morgan fingerprint density at radius 3 is 2.59 bits per heavy atom. The third-order valence-electron chi connectivity index (χ3n) is 5.05. The molecule has 1 aliphatic heterocycles. The first-order valence-electron chi connectivity index (χ1n) is 10.3. The lowest BCUT2D eigenvalue weighted by molar-refractivity contribution is -0.139. The third kappa shape index (κ3) is 5.67. The molecule has 8 nitrogen and oxygen atoms in total. The van der Waals surface area contributed by atoms with Crippen molar-refractivity contribution in [2.24, 2.45) is 0 Å². The van der Waals surface area contributed by atoms with Crippen LogP contribution in [0.5, 0.6) is 5.75 Å². The van der Waals surface area contributed by atoms with E-state index in [-0.39, 0.29) is 25.7 Å². The molecule has 2 amide bonds. The predicted octanol–water partition coefficient (Wildman–Crippen LogP) is 3.75. The summed E-state index contributed by atoms with van der Waals surface area (Å²) in [6.45, 7) is 4.23. The number of thiophene rings is 1. The lowest BCUT2D eigenvalue weighted by Crippen LogP contribution is -2.48. The molecule has 0 aliphatic carbocycles. The van der Waals surface area contributed by atoms with Gasteiger partial charge in [-0.1, -0.05) is 18.2 Å². The van der Waals surface area contributed by atoms with E-state index in [1.807, 2.05) is 17.5 Å². The minimum Gasteiger partial charge on any atom is -0.493 e. The largest absolute Gasteiger partial charge is 0.493 e. The number of hydrogen-bond acceptors (Lipinski definition) is 6. The maximum absolute atomic E-state index is 12.9. The van der Waals surface area contributed by atoms with Gasteiger partial charge >= 0.3 is 18.0 Å². The number of benzene rings is 1. The van der Waals surface area contributed by atoms with Gasteiger partial charge in [-0.05, 0) is 49.4 Å². The number of carboxylic acid groups (broad SMARTS) is 1. The fourth-order valence-corrected chi connectivity index (χ4v) is 4.16. The summed E-state index contributed by atoms with van der Waals surface area (Å²) < 4.78 is 10.7. The van der Waals surface area contributed by atoms with Gasteiger partial charge in [0.15, 0.2) is 0 Å². The van der Waals surface area contributed by atoms with Crippen molar-refractivity contribution in [1.29, 1.82) is 0 Å². The minimum absolute atomic E-state index is 0.0567. The summed E-state index contributed by atoms with van der Waals surface area (Å²) in [5.74, 6) is -0.902. The molecule has 170 valence electrons. The minimum atomic E-state index is -0.935. The van der Waals surface area contributed by atoms with Gasteiger partial charge in [0.2, 0.25) is 0 Å². The number of nitrogens with zero attached hydrogens (tertiary/aromatic N) is 1. The molecule has 1 aromatic carbocycles. The van der Waals surface area contributed by atoms with Crippen LogP contribution in [0.25, 0.3) is 0 Å². The predicted molar refractivity (Wildman–Crippen MR) is 120 cm³/mol. The molecule has 1 unspecified atom stereocenters. The fraction of sp³-hybridized carbons (Fsp3) is 0.348.